The van der Waals surface area contributed by atoms with E-state index in [1.54, 1.807) is 0 Å². The Morgan fingerprint density at radius 3 is 2.55 bits per heavy atom. The average Bonchev–Trinajstić information content (AvgIpc) is 2.18. The van der Waals surface area contributed by atoms with Crippen LogP contribution in [0.5, 0.6) is 0 Å². The Balaban J connectivity index is 2.36. The van der Waals surface area contributed by atoms with Gasteiger partial charge in [-0.15, -0.1) is 0 Å². The van der Waals surface area contributed by atoms with E-state index < -0.39 is 0 Å². The Labute approximate surface area is 68.0 Å². The summed E-state index contributed by atoms with van der Waals surface area (Å²) in [6, 6.07) is 0. The van der Waals surface area contributed by atoms with Crippen molar-refractivity contribution in [3.63, 3.8) is 0 Å². The van der Waals surface area contributed by atoms with Crippen molar-refractivity contribution in [3.05, 3.63) is 0 Å². The molecule has 3 heteroatoms. The number of rotatable bonds is 2. The predicted molar refractivity (Wildman–Crippen MR) is 43.5 cm³/mol. The Kier molecular flexibility index (Phi) is 2.87. The van der Waals surface area contributed by atoms with Crippen molar-refractivity contribution in [1.82, 2.24) is 4.90 Å². The van der Waals surface area contributed by atoms with Gasteiger partial charge in [0, 0.05) is 12.5 Å². The lowest BCUT2D eigenvalue weighted by Crippen LogP contribution is -2.34. The molecule has 1 fully saturated rings. The minimum Gasteiger partial charge on any atom is -0.390 e. The maximum Gasteiger partial charge on any atom is 0.0963 e. The molecule has 0 aliphatic carbocycles. The molecule has 1 N–H and O–H groups in total. The van der Waals surface area contributed by atoms with Gasteiger partial charge in [-0.25, -0.2) is 0 Å². The summed E-state index contributed by atoms with van der Waals surface area (Å²) in [5.74, 6) is 0.292. The molecule has 0 radical (unpaired) electrons. The summed E-state index contributed by atoms with van der Waals surface area (Å²) in [5, 5.41) is 9.55. The van der Waals surface area contributed by atoms with Crippen molar-refractivity contribution in [3.8, 4) is 0 Å². The fourth-order valence-electron chi connectivity index (χ4n) is 1.36. The third kappa shape index (κ3) is 2.15. The molecule has 1 heterocycles. The Hall–Kier alpha value is -0.120. The molecular weight excluding hydrogens is 142 g/mol. The first-order valence-corrected chi connectivity index (χ1v) is 4.05. The molecule has 3 atom stereocenters. The summed E-state index contributed by atoms with van der Waals surface area (Å²) in [5.41, 5.74) is 0. The molecule has 1 saturated heterocycles. The van der Waals surface area contributed by atoms with Gasteiger partial charge in [0.2, 0.25) is 0 Å². The van der Waals surface area contributed by atoms with Crippen LogP contribution in [0, 0.1) is 5.92 Å². The van der Waals surface area contributed by atoms with E-state index >= 15 is 0 Å². The monoisotopic (exact) mass is 159 g/mol. The van der Waals surface area contributed by atoms with E-state index in [1.807, 2.05) is 25.9 Å². The number of aliphatic hydroxyl groups is 1. The maximum absolute atomic E-state index is 9.55. The van der Waals surface area contributed by atoms with Crippen LogP contribution in [0.4, 0.5) is 0 Å². The van der Waals surface area contributed by atoms with Gasteiger partial charge in [-0.3, -0.25) is 0 Å². The third-order valence-corrected chi connectivity index (χ3v) is 2.08. The molecule has 0 saturated carbocycles. The van der Waals surface area contributed by atoms with E-state index in [4.69, 9.17) is 4.74 Å². The molecule has 1 aliphatic heterocycles. The van der Waals surface area contributed by atoms with Crippen LogP contribution in [-0.4, -0.2) is 49.5 Å². The lowest BCUT2D eigenvalue weighted by atomic mass is 10.0. The molecule has 11 heavy (non-hydrogen) atoms. The van der Waals surface area contributed by atoms with Gasteiger partial charge in [-0.05, 0) is 14.1 Å². The van der Waals surface area contributed by atoms with Crippen molar-refractivity contribution in [2.75, 3.05) is 27.2 Å². The fourth-order valence-corrected chi connectivity index (χ4v) is 1.36. The summed E-state index contributed by atoms with van der Waals surface area (Å²) >= 11 is 0. The summed E-state index contributed by atoms with van der Waals surface area (Å²) in [6.45, 7) is 3.52. The molecule has 0 bridgehead atoms. The second-order valence-electron chi connectivity index (χ2n) is 3.60. The van der Waals surface area contributed by atoms with Gasteiger partial charge in [0.05, 0.1) is 18.8 Å². The number of hydrogen-bond acceptors (Lipinski definition) is 3. The molecule has 0 aromatic rings. The minimum atomic E-state index is -0.280. The number of nitrogens with zero attached hydrogens (tertiary/aromatic N) is 1. The Morgan fingerprint density at radius 1 is 1.55 bits per heavy atom. The van der Waals surface area contributed by atoms with E-state index in [2.05, 4.69) is 0 Å². The zero-order chi connectivity index (χ0) is 8.43. The van der Waals surface area contributed by atoms with Crippen molar-refractivity contribution >= 4 is 0 Å². The highest BCUT2D eigenvalue weighted by molar-refractivity contribution is 4.81. The molecular formula is C8H17NO2. The van der Waals surface area contributed by atoms with E-state index in [0.717, 1.165) is 6.54 Å². The average molecular weight is 159 g/mol. The van der Waals surface area contributed by atoms with Crippen LogP contribution in [0.25, 0.3) is 0 Å². The summed E-state index contributed by atoms with van der Waals surface area (Å²) < 4.78 is 5.40. The highest BCUT2D eigenvalue weighted by atomic mass is 16.5. The van der Waals surface area contributed by atoms with Gasteiger partial charge < -0.3 is 14.7 Å². The zero-order valence-electron chi connectivity index (χ0n) is 7.45. The molecule has 0 aromatic heterocycles. The summed E-state index contributed by atoms with van der Waals surface area (Å²) in [4.78, 5) is 2.03. The molecule has 0 spiro atoms. The fraction of sp³-hybridized carbons (Fsp3) is 1.00. The number of aliphatic hydroxyl groups excluding tert-OH is 1. The SMILES string of the molecule is CC1COC(CN(C)C)C1O. The van der Waals surface area contributed by atoms with Crippen LogP contribution in [0.2, 0.25) is 0 Å². The standard InChI is InChI=1S/C8H17NO2/c1-6-5-11-7(8(6)10)4-9(2)3/h6-8,10H,4-5H2,1-3H3. The van der Waals surface area contributed by atoms with Crippen molar-refractivity contribution < 1.29 is 9.84 Å². The molecule has 1 rings (SSSR count). The van der Waals surface area contributed by atoms with Crippen LogP contribution >= 0.6 is 0 Å². The van der Waals surface area contributed by atoms with Crippen molar-refractivity contribution in [1.29, 1.82) is 0 Å². The normalized spacial score (nSPS) is 38.5. The first-order chi connectivity index (χ1) is 5.11. The van der Waals surface area contributed by atoms with Gasteiger partial charge in [0.1, 0.15) is 0 Å². The molecule has 0 amide bonds. The highest BCUT2D eigenvalue weighted by Crippen LogP contribution is 2.19. The van der Waals surface area contributed by atoms with Crippen LogP contribution in [0.1, 0.15) is 6.92 Å². The van der Waals surface area contributed by atoms with Gasteiger partial charge in [-0.2, -0.15) is 0 Å². The largest absolute Gasteiger partial charge is 0.390 e. The smallest absolute Gasteiger partial charge is 0.0963 e. The van der Waals surface area contributed by atoms with Gasteiger partial charge in [0.25, 0.3) is 0 Å². The topological polar surface area (TPSA) is 32.7 Å². The first kappa shape index (κ1) is 8.97. The highest BCUT2D eigenvalue weighted by Gasteiger charge is 2.32. The van der Waals surface area contributed by atoms with Crippen LogP contribution in [-0.2, 0) is 4.74 Å². The molecule has 0 aromatic carbocycles. The van der Waals surface area contributed by atoms with E-state index in [1.165, 1.54) is 0 Å². The first-order valence-electron chi connectivity index (χ1n) is 4.05. The van der Waals surface area contributed by atoms with Gasteiger partial charge >= 0.3 is 0 Å². The van der Waals surface area contributed by atoms with E-state index in [-0.39, 0.29) is 12.2 Å². The maximum atomic E-state index is 9.55. The van der Waals surface area contributed by atoms with Gasteiger partial charge in [-0.1, -0.05) is 6.92 Å². The van der Waals surface area contributed by atoms with Crippen LogP contribution < -0.4 is 0 Å². The summed E-state index contributed by atoms with van der Waals surface area (Å²) in [6.07, 6.45) is -0.266. The van der Waals surface area contributed by atoms with Crippen LogP contribution in [0.15, 0.2) is 0 Å². The second-order valence-corrected chi connectivity index (χ2v) is 3.60. The molecule has 1 aliphatic rings. The Morgan fingerprint density at radius 2 is 2.18 bits per heavy atom. The number of ether oxygens (including phenoxy) is 1. The van der Waals surface area contributed by atoms with E-state index in [9.17, 15) is 5.11 Å². The number of hydrogen-bond donors (Lipinski definition) is 1. The van der Waals surface area contributed by atoms with Crippen molar-refractivity contribution in [2.24, 2.45) is 5.92 Å². The van der Waals surface area contributed by atoms with Gasteiger partial charge in [0.15, 0.2) is 0 Å². The third-order valence-electron chi connectivity index (χ3n) is 2.08. The van der Waals surface area contributed by atoms with Crippen molar-refractivity contribution in [2.45, 2.75) is 19.1 Å². The van der Waals surface area contributed by atoms with E-state index in [0.29, 0.717) is 12.5 Å². The summed E-state index contributed by atoms with van der Waals surface area (Å²) in [7, 11) is 3.97. The Bertz CT molecular complexity index is 127. The zero-order valence-corrected chi connectivity index (χ0v) is 7.45. The lowest BCUT2D eigenvalue weighted by molar-refractivity contribution is 0.0235. The minimum absolute atomic E-state index is 0.0139. The molecule has 3 nitrogen and oxygen atoms in total. The lowest BCUT2D eigenvalue weighted by Gasteiger charge is -2.19. The predicted octanol–water partition coefficient (Wildman–Crippen LogP) is -0.0562. The van der Waals surface area contributed by atoms with Crippen LogP contribution in [0.3, 0.4) is 0 Å². The quantitative estimate of drug-likeness (QED) is 0.613. The molecule has 66 valence electrons. The second kappa shape index (κ2) is 3.52. The number of likely N-dealkylation sites (N-methyl/N-ethyl adjacent to an activating group) is 1. The molecule has 3 unspecified atom stereocenters.